The first-order valence-electron chi connectivity index (χ1n) is 14.6. The first kappa shape index (κ1) is 26.0. The van der Waals surface area contributed by atoms with E-state index in [0.29, 0.717) is 6.42 Å². The van der Waals surface area contributed by atoms with Crippen molar-refractivity contribution in [3.05, 3.63) is 166 Å². The molecule has 3 heterocycles. The van der Waals surface area contributed by atoms with Gasteiger partial charge in [-0.1, -0.05) is 103 Å². The maximum atomic E-state index is 14.0. The highest BCUT2D eigenvalue weighted by Gasteiger charge is 2.39. The minimum atomic E-state index is -0.646. The Kier molecular flexibility index (Phi) is 6.27. The van der Waals surface area contributed by atoms with Gasteiger partial charge in [-0.15, -0.1) is 0 Å². The highest BCUT2D eigenvalue weighted by atomic mass is 16.2. The number of carbonyl (C=O) groups excluding carboxylic acids is 1. The molecule has 0 radical (unpaired) electrons. The Morgan fingerprint density at radius 2 is 1.31 bits per heavy atom. The molecular formula is C38H33N3O. The van der Waals surface area contributed by atoms with Crippen LogP contribution in [-0.4, -0.2) is 20.0 Å². The molecule has 0 bridgehead atoms. The van der Waals surface area contributed by atoms with Gasteiger partial charge in [-0.2, -0.15) is 0 Å². The summed E-state index contributed by atoms with van der Waals surface area (Å²) >= 11 is 0. The maximum Gasteiger partial charge on any atom is 0.258 e. The summed E-state index contributed by atoms with van der Waals surface area (Å²) in [5, 5.41) is 1.17. The lowest BCUT2D eigenvalue weighted by Crippen LogP contribution is -2.38. The Hall–Kier alpha value is -4.96. The van der Waals surface area contributed by atoms with Gasteiger partial charge in [0, 0.05) is 22.3 Å². The van der Waals surface area contributed by atoms with E-state index < -0.39 is 5.54 Å². The summed E-state index contributed by atoms with van der Waals surface area (Å²) < 4.78 is 4.20. The smallest absolute Gasteiger partial charge is 0.258 e. The lowest BCUT2D eigenvalue weighted by atomic mass is 9.76. The van der Waals surface area contributed by atoms with E-state index in [4.69, 9.17) is 4.98 Å². The van der Waals surface area contributed by atoms with E-state index in [1.54, 1.807) is 0 Å². The normalized spacial score (nSPS) is 14.5. The van der Waals surface area contributed by atoms with Crippen molar-refractivity contribution in [2.45, 2.75) is 39.2 Å². The van der Waals surface area contributed by atoms with Crippen LogP contribution in [0.4, 0.5) is 0 Å². The van der Waals surface area contributed by atoms with Crippen molar-refractivity contribution in [2.75, 3.05) is 0 Å². The second kappa shape index (κ2) is 10.1. The first-order chi connectivity index (χ1) is 20.5. The molecule has 7 rings (SSSR count). The third-order valence-corrected chi connectivity index (χ3v) is 8.90. The number of fused-ring (bicyclic) bond motifs is 3. The minimum absolute atomic E-state index is 0.0487. The number of aromatic nitrogens is 3. The van der Waals surface area contributed by atoms with E-state index in [1.165, 1.54) is 16.5 Å². The van der Waals surface area contributed by atoms with Gasteiger partial charge >= 0.3 is 0 Å². The SMILES string of the molecule is Cc1ccc2c(c1)c(C)c1n2C(=O)/C(=C/c2ncn(C(c3ccccc3)(c3ccccc3)c3ccccc3)c2C)CC1. The molecule has 6 aromatic rings. The van der Waals surface area contributed by atoms with Crippen LogP contribution in [0.1, 0.15) is 56.1 Å². The predicted molar refractivity (Wildman–Crippen MR) is 170 cm³/mol. The number of carbonyl (C=O) groups is 1. The van der Waals surface area contributed by atoms with Gasteiger partial charge in [-0.3, -0.25) is 9.36 Å². The van der Waals surface area contributed by atoms with Crippen LogP contribution in [0.3, 0.4) is 0 Å². The maximum absolute atomic E-state index is 14.0. The minimum Gasteiger partial charge on any atom is -0.316 e. The number of aryl methyl sites for hydroxylation is 2. The van der Waals surface area contributed by atoms with Crippen LogP contribution in [-0.2, 0) is 12.0 Å². The molecule has 0 fully saturated rings. The monoisotopic (exact) mass is 547 g/mol. The lowest BCUT2D eigenvalue weighted by Gasteiger charge is -2.38. The summed E-state index contributed by atoms with van der Waals surface area (Å²) in [7, 11) is 0. The van der Waals surface area contributed by atoms with Crippen molar-refractivity contribution < 1.29 is 4.79 Å². The number of hydrogen-bond donors (Lipinski definition) is 0. The molecular weight excluding hydrogens is 514 g/mol. The molecule has 0 spiro atoms. The first-order valence-corrected chi connectivity index (χ1v) is 14.6. The van der Waals surface area contributed by atoms with E-state index in [-0.39, 0.29) is 5.91 Å². The molecule has 0 N–H and O–H groups in total. The quantitative estimate of drug-likeness (QED) is 0.161. The predicted octanol–water partition coefficient (Wildman–Crippen LogP) is 8.27. The highest BCUT2D eigenvalue weighted by molar-refractivity contribution is 6.07. The third-order valence-electron chi connectivity index (χ3n) is 8.90. The lowest BCUT2D eigenvalue weighted by molar-refractivity contribution is 0.0946. The number of imidazole rings is 1. The number of benzene rings is 4. The topological polar surface area (TPSA) is 39.8 Å². The Balaban J connectivity index is 1.41. The van der Waals surface area contributed by atoms with Gasteiger partial charge in [0.1, 0.15) is 5.54 Å². The van der Waals surface area contributed by atoms with E-state index in [2.05, 4.69) is 135 Å². The summed E-state index contributed by atoms with van der Waals surface area (Å²) in [6, 6.07) is 38.2. The zero-order valence-corrected chi connectivity index (χ0v) is 24.2. The third kappa shape index (κ3) is 3.90. The Morgan fingerprint density at radius 1 is 0.738 bits per heavy atom. The van der Waals surface area contributed by atoms with E-state index in [0.717, 1.165) is 51.3 Å². The largest absolute Gasteiger partial charge is 0.316 e. The molecule has 1 aliphatic rings. The van der Waals surface area contributed by atoms with Crippen molar-refractivity contribution >= 4 is 22.9 Å². The van der Waals surface area contributed by atoms with Crippen molar-refractivity contribution in [2.24, 2.45) is 0 Å². The summed E-state index contributed by atoms with van der Waals surface area (Å²) in [4.78, 5) is 18.9. The highest BCUT2D eigenvalue weighted by Crippen LogP contribution is 2.42. The number of rotatable bonds is 5. The average Bonchev–Trinajstić information content (AvgIpc) is 3.53. The van der Waals surface area contributed by atoms with Crippen LogP contribution in [0, 0.1) is 20.8 Å². The fourth-order valence-corrected chi connectivity index (χ4v) is 6.81. The molecule has 0 unspecified atom stereocenters. The molecule has 0 saturated heterocycles. The van der Waals surface area contributed by atoms with Crippen LogP contribution in [0.25, 0.3) is 17.0 Å². The molecule has 0 atom stereocenters. The van der Waals surface area contributed by atoms with Crippen molar-refractivity contribution in [1.82, 2.24) is 14.1 Å². The van der Waals surface area contributed by atoms with Crippen molar-refractivity contribution in [3.63, 3.8) is 0 Å². The van der Waals surface area contributed by atoms with Crippen molar-refractivity contribution in [3.8, 4) is 0 Å². The summed E-state index contributed by atoms with van der Waals surface area (Å²) in [6.45, 7) is 6.35. The zero-order valence-electron chi connectivity index (χ0n) is 24.2. The molecule has 0 saturated carbocycles. The number of allylic oxidation sites excluding steroid dienone is 1. The van der Waals surface area contributed by atoms with Crippen LogP contribution in [0.15, 0.2) is 121 Å². The summed E-state index contributed by atoms with van der Waals surface area (Å²) in [5.74, 6) is 0.0487. The van der Waals surface area contributed by atoms with Gasteiger partial charge in [0.25, 0.3) is 5.91 Å². The van der Waals surface area contributed by atoms with Crippen LogP contribution in [0.2, 0.25) is 0 Å². The second-order valence-corrected chi connectivity index (χ2v) is 11.3. The van der Waals surface area contributed by atoms with Crippen molar-refractivity contribution in [1.29, 1.82) is 0 Å². The average molecular weight is 548 g/mol. The molecule has 0 amide bonds. The fourth-order valence-electron chi connectivity index (χ4n) is 6.81. The van der Waals surface area contributed by atoms with E-state index in [9.17, 15) is 4.79 Å². The number of nitrogens with zero attached hydrogens (tertiary/aromatic N) is 3. The van der Waals surface area contributed by atoms with Gasteiger partial charge in [0.05, 0.1) is 17.5 Å². The summed E-state index contributed by atoms with van der Waals surface area (Å²) in [6.07, 6.45) is 5.48. The van der Waals surface area contributed by atoms with Crippen LogP contribution in [0.5, 0.6) is 0 Å². The molecule has 2 aromatic heterocycles. The molecule has 1 aliphatic heterocycles. The van der Waals surface area contributed by atoms with Gasteiger partial charge in [0.2, 0.25) is 0 Å². The molecule has 42 heavy (non-hydrogen) atoms. The zero-order chi connectivity index (χ0) is 28.8. The molecule has 4 heteroatoms. The van der Waals surface area contributed by atoms with Gasteiger partial charge < -0.3 is 4.57 Å². The van der Waals surface area contributed by atoms with E-state index >= 15 is 0 Å². The van der Waals surface area contributed by atoms with Crippen LogP contribution >= 0.6 is 0 Å². The fraction of sp³-hybridized carbons (Fsp3) is 0.158. The second-order valence-electron chi connectivity index (χ2n) is 11.3. The van der Waals surface area contributed by atoms with E-state index in [1.807, 2.05) is 17.0 Å². The molecule has 206 valence electrons. The Bertz CT molecular complexity index is 1860. The standard InChI is InChI=1S/C38H33N3O/c1-26-19-21-36-33(23-26)27(2)35-22-20-29(37(42)41(35)36)24-34-28(3)40(25-39-34)38(30-13-7-4-8-14-30,31-15-9-5-10-16-31)32-17-11-6-12-18-32/h4-19,21,23-25H,20,22H2,1-3H3/b29-24+. The van der Waals surface area contributed by atoms with Crippen LogP contribution < -0.4 is 0 Å². The Morgan fingerprint density at radius 3 is 1.88 bits per heavy atom. The van der Waals surface area contributed by atoms with Gasteiger partial charge in [0.15, 0.2) is 0 Å². The molecule has 0 aliphatic carbocycles. The molecule has 4 nitrogen and oxygen atoms in total. The molecule has 4 aromatic carbocycles. The van der Waals surface area contributed by atoms with Gasteiger partial charge in [-0.05, 0) is 74.1 Å². The van der Waals surface area contributed by atoms with Gasteiger partial charge in [-0.25, -0.2) is 4.98 Å². The number of hydrogen-bond acceptors (Lipinski definition) is 2. The summed E-state index contributed by atoms with van der Waals surface area (Å²) in [5.41, 5.74) is 9.92. The Labute approximate surface area is 246 Å².